The number of nitrogens with two attached hydrogens (primary N) is 1. The molecule has 5 nitrogen and oxygen atoms in total. The van der Waals surface area contributed by atoms with Gasteiger partial charge in [0.25, 0.3) is 0 Å². The van der Waals surface area contributed by atoms with Crippen LogP contribution in [-0.4, -0.2) is 57.3 Å². The molecule has 0 saturated carbocycles. The highest BCUT2D eigenvalue weighted by molar-refractivity contribution is 7.80. The summed E-state index contributed by atoms with van der Waals surface area (Å²) in [7, 11) is 1.95. The Morgan fingerprint density at radius 1 is 1.35 bits per heavy atom. The largest absolute Gasteiger partial charge is 0.392 e. The maximum Gasteiger partial charge on any atom is 0.0870 e. The predicted octanol–water partition coefficient (Wildman–Crippen LogP) is -0.176. The lowest BCUT2D eigenvalue weighted by Crippen LogP contribution is -2.48. The van der Waals surface area contributed by atoms with Crippen molar-refractivity contribution in [3.8, 4) is 0 Å². The molecule has 1 aliphatic heterocycles. The van der Waals surface area contributed by atoms with Crippen LogP contribution in [0.4, 0.5) is 0 Å². The zero-order valence-corrected chi connectivity index (χ0v) is 11.0. The van der Waals surface area contributed by atoms with Gasteiger partial charge in [0.05, 0.1) is 11.2 Å². The molecule has 1 aromatic heterocycles. The third-order valence-corrected chi connectivity index (χ3v) is 3.14. The number of piperazine rings is 1. The standard InChI is InChI=1S/C11H19N5S/c1-14-7-10(6-13-14)8-15-2-4-16(5-3-15)9-11(12)17/h6-7H,2-5,8-9H2,1H3,(H2,12,17). The van der Waals surface area contributed by atoms with Crippen molar-refractivity contribution >= 4 is 17.2 Å². The van der Waals surface area contributed by atoms with E-state index in [2.05, 4.69) is 21.1 Å². The van der Waals surface area contributed by atoms with Gasteiger partial charge in [-0.15, -0.1) is 0 Å². The van der Waals surface area contributed by atoms with E-state index in [9.17, 15) is 0 Å². The van der Waals surface area contributed by atoms with Crippen molar-refractivity contribution in [2.45, 2.75) is 6.54 Å². The topological polar surface area (TPSA) is 50.3 Å². The average molecular weight is 253 g/mol. The summed E-state index contributed by atoms with van der Waals surface area (Å²) in [6.45, 7) is 5.94. The lowest BCUT2D eigenvalue weighted by Gasteiger charge is -2.34. The summed E-state index contributed by atoms with van der Waals surface area (Å²) in [5.41, 5.74) is 6.82. The van der Waals surface area contributed by atoms with Gasteiger partial charge >= 0.3 is 0 Å². The third-order valence-electron chi connectivity index (χ3n) is 3.01. The first-order chi connectivity index (χ1) is 8.13. The molecule has 0 aliphatic carbocycles. The first-order valence-corrected chi connectivity index (χ1v) is 6.25. The fourth-order valence-electron chi connectivity index (χ4n) is 2.14. The van der Waals surface area contributed by atoms with Crippen LogP contribution in [0.25, 0.3) is 0 Å². The van der Waals surface area contributed by atoms with E-state index < -0.39 is 0 Å². The van der Waals surface area contributed by atoms with E-state index in [1.165, 1.54) is 5.56 Å². The molecule has 2 rings (SSSR count). The lowest BCUT2D eigenvalue weighted by atomic mass is 10.2. The Balaban J connectivity index is 1.77. The molecule has 2 N–H and O–H groups in total. The number of hydrogen-bond donors (Lipinski definition) is 1. The van der Waals surface area contributed by atoms with Crippen molar-refractivity contribution in [1.29, 1.82) is 0 Å². The van der Waals surface area contributed by atoms with Crippen LogP contribution in [0.2, 0.25) is 0 Å². The monoisotopic (exact) mass is 253 g/mol. The average Bonchev–Trinajstić information content (AvgIpc) is 2.66. The number of rotatable bonds is 4. The van der Waals surface area contributed by atoms with Crippen molar-refractivity contribution in [3.05, 3.63) is 18.0 Å². The minimum Gasteiger partial charge on any atom is -0.392 e. The Bertz CT molecular complexity index is 381. The second kappa shape index (κ2) is 5.57. The van der Waals surface area contributed by atoms with Gasteiger partial charge in [-0.25, -0.2) is 0 Å². The van der Waals surface area contributed by atoms with Crippen molar-refractivity contribution < 1.29 is 0 Å². The Kier molecular flexibility index (Phi) is 4.09. The quantitative estimate of drug-likeness (QED) is 0.755. The molecule has 0 atom stereocenters. The summed E-state index contributed by atoms with van der Waals surface area (Å²) in [6.07, 6.45) is 4.00. The molecule has 1 fully saturated rings. The molecule has 0 spiro atoms. The second-order valence-corrected chi connectivity index (χ2v) is 5.07. The fraction of sp³-hybridized carbons (Fsp3) is 0.636. The number of aromatic nitrogens is 2. The van der Waals surface area contributed by atoms with E-state index in [4.69, 9.17) is 18.0 Å². The summed E-state index contributed by atoms with van der Waals surface area (Å²) < 4.78 is 1.85. The molecule has 0 radical (unpaired) electrons. The van der Waals surface area contributed by atoms with Crippen LogP contribution in [0.3, 0.4) is 0 Å². The summed E-state index contributed by atoms with van der Waals surface area (Å²) >= 11 is 4.92. The maximum absolute atomic E-state index is 5.55. The highest BCUT2D eigenvalue weighted by Crippen LogP contribution is 2.07. The van der Waals surface area contributed by atoms with Gasteiger partial charge in [-0.2, -0.15) is 5.10 Å². The maximum atomic E-state index is 5.55. The van der Waals surface area contributed by atoms with Gasteiger partial charge in [0, 0.05) is 58.1 Å². The molecule has 0 bridgehead atoms. The summed E-state index contributed by atoms with van der Waals surface area (Å²) in [4.78, 5) is 5.33. The first-order valence-electron chi connectivity index (χ1n) is 5.84. The number of aryl methyl sites for hydroxylation is 1. The Morgan fingerprint density at radius 3 is 2.53 bits per heavy atom. The fourth-order valence-corrected chi connectivity index (χ4v) is 2.32. The zero-order chi connectivity index (χ0) is 12.3. The summed E-state index contributed by atoms with van der Waals surface area (Å²) in [6, 6.07) is 0. The van der Waals surface area contributed by atoms with E-state index in [1.54, 1.807) is 0 Å². The smallest absolute Gasteiger partial charge is 0.0870 e. The van der Waals surface area contributed by atoms with Crippen LogP contribution in [0, 0.1) is 0 Å². The van der Waals surface area contributed by atoms with E-state index in [0.717, 1.165) is 39.3 Å². The minimum absolute atomic E-state index is 0.589. The Hall–Kier alpha value is -0.980. The van der Waals surface area contributed by atoms with Crippen LogP contribution in [0.1, 0.15) is 5.56 Å². The molecule has 1 saturated heterocycles. The number of nitrogens with zero attached hydrogens (tertiary/aromatic N) is 4. The molecular weight excluding hydrogens is 234 g/mol. The van der Waals surface area contributed by atoms with Gasteiger partial charge in [-0.3, -0.25) is 14.5 Å². The van der Waals surface area contributed by atoms with Crippen molar-refractivity contribution in [2.75, 3.05) is 32.7 Å². The molecule has 1 aliphatic rings. The van der Waals surface area contributed by atoms with Gasteiger partial charge in [-0.1, -0.05) is 12.2 Å². The van der Waals surface area contributed by atoms with Crippen LogP contribution in [0.15, 0.2) is 12.4 Å². The second-order valence-electron chi connectivity index (χ2n) is 4.54. The van der Waals surface area contributed by atoms with Gasteiger partial charge in [0.1, 0.15) is 0 Å². The molecule has 0 amide bonds. The molecular formula is C11H19N5S. The van der Waals surface area contributed by atoms with Crippen molar-refractivity contribution in [1.82, 2.24) is 19.6 Å². The normalized spacial score (nSPS) is 18.4. The molecule has 2 heterocycles. The van der Waals surface area contributed by atoms with Crippen LogP contribution >= 0.6 is 12.2 Å². The van der Waals surface area contributed by atoms with E-state index in [-0.39, 0.29) is 0 Å². The number of thiocarbonyl (C=S) groups is 1. The molecule has 0 unspecified atom stereocenters. The van der Waals surface area contributed by atoms with Gasteiger partial charge in [0.15, 0.2) is 0 Å². The van der Waals surface area contributed by atoms with E-state index in [1.807, 2.05) is 17.9 Å². The highest BCUT2D eigenvalue weighted by atomic mass is 32.1. The van der Waals surface area contributed by atoms with Crippen molar-refractivity contribution in [3.63, 3.8) is 0 Å². The van der Waals surface area contributed by atoms with Gasteiger partial charge < -0.3 is 5.73 Å². The number of hydrogen-bond acceptors (Lipinski definition) is 4. The predicted molar refractivity (Wildman–Crippen MR) is 71.7 cm³/mol. The van der Waals surface area contributed by atoms with Gasteiger partial charge in [0.2, 0.25) is 0 Å². The summed E-state index contributed by atoms with van der Waals surface area (Å²) in [5.74, 6) is 0. The van der Waals surface area contributed by atoms with Gasteiger partial charge in [-0.05, 0) is 0 Å². The molecule has 94 valence electrons. The molecule has 6 heteroatoms. The molecule has 17 heavy (non-hydrogen) atoms. The minimum atomic E-state index is 0.589. The molecule has 0 aromatic carbocycles. The zero-order valence-electron chi connectivity index (χ0n) is 10.2. The van der Waals surface area contributed by atoms with E-state index >= 15 is 0 Å². The molecule has 1 aromatic rings. The first kappa shape index (κ1) is 12.5. The summed E-state index contributed by atoms with van der Waals surface area (Å²) in [5, 5.41) is 4.18. The van der Waals surface area contributed by atoms with Crippen molar-refractivity contribution in [2.24, 2.45) is 12.8 Å². The van der Waals surface area contributed by atoms with E-state index in [0.29, 0.717) is 4.99 Å². The Morgan fingerprint density at radius 2 is 2.00 bits per heavy atom. The highest BCUT2D eigenvalue weighted by Gasteiger charge is 2.17. The van der Waals surface area contributed by atoms with Crippen LogP contribution in [0.5, 0.6) is 0 Å². The third kappa shape index (κ3) is 3.76. The SMILES string of the molecule is Cn1cc(CN2CCN(CC(N)=S)CC2)cn1. The lowest BCUT2D eigenvalue weighted by molar-refractivity contribution is 0.140. The van der Waals surface area contributed by atoms with Crippen LogP contribution in [-0.2, 0) is 13.6 Å². The van der Waals surface area contributed by atoms with Crippen LogP contribution < -0.4 is 5.73 Å². The Labute approximate surface area is 107 Å².